The maximum atomic E-state index is 10.1. The highest BCUT2D eigenvalue weighted by molar-refractivity contribution is 5.29. The summed E-state index contributed by atoms with van der Waals surface area (Å²) in [7, 11) is 0. The Bertz CT molecular complexity index is 482. The Balaban J connectivity index is 2.05. The van der Waals surface area contributed by atoms with Crippen molar-refractivity contribution in [2.45, 2.75) is 18.6 Å². The summed E-state index contributed by atoms with van der Waals surface area (Å²) in [5, 5.41) is 19.3. The van der Waals surface area contributed by atoms with Crippen molar-refractivity contribution >= 4 is 0 Å². The summed E-state index contributed by atoms with van der Waals surface area (Å²) in [6.45, 7) is 0. The van der Waals surface area contributed by atoms with Gasteiger partial charge in [0.05, 0.1) is 12.1 Å². The highest BCUT2D eigenvalue weighted by Gasteiger charge is 2.17. The molecule has 0 aliphatic rings. The quantitative estimate of drug-likeness (QED) is 0.769. The lowest BCUT2D eigenvalue weighted by Gasteiger charge is -2.19. The molecule has 0 aromatic heterocycles. The van der Waals surface area contributed by atoms with Crippen molar-refractivity contribution in [2.75, 3.05) is 0 Å². The SMILES string of the molecule is N[C@@H](c1ccc(O)cc1)[C@H](O)Cc1ccccc1. The van der Waals surface area contributed by atoms with Gasteiger partial charge >= 0.3 is 0 Å². The predicted octanol–water partition coefficient (Wildman–Crippen LogP) is 2.00. The second-order valence-corrected chi connectivity index (χ2v) is 4.37. The van der Waals surface area contributed by atoms with Gasteiger partial charge in [-0.2, -0.15) is 0 Å². The van der Waals surface area contributed by atoms with E-state index in [1.165, 1.54) is 0 Å². The zero-order valence-corrected chi connectivity index (χ0v) is 10.0. The van der Waals surface area contributed by atoms with E-state index >= 15 is 0 Å². The molecule has 2 rings (SSSR count). The van der Waals surface area contributed by atoms with Gasteiger partial charge in [0.15, 0.2) is 0 Å². The van der Waals surface area contributed by atoms with Crippen LogP contribution in [0.25, 0.3) is 0 Å². The third-order valence-electron chi connectivity index (χ3n) is 2.98. The first-order chi connectivity index (χ1) is 8.66. The van der Waals surface area contributed by atoms with Crippen molar-refractivity contribution < 1.29 is 10.2 Å². The molecular weight excluding hydrogens is 226 g/mol. The first-order valence-electron chi connectivity index (χ1n) is 5.93. The number of hydrogen-bond donors (Lipinski definition) is 3. The zero-order chi connectivity index (χ0) is 13.0. The number of phenolic OH excluding ortho intramolecular Hbond substituents is 1. The van der Waals surface area contributed by atoms with Crippen LogP contribution in [0.3, 0.4) is 0 Å². The van der Waals surface area contributed by atoms with E-state index in [0.717, 1.165) is 11.1 Å². The van der Waals surface area contributed by atoms with E-state index in [-0.39, 0.29) is 5.75 Å². The van der Waals surface area contributed by atoms with Crippen molar-refractivity contribution in [2.24, 2.45) is 5.73 Å². The molecule has 0 aliphatic heterocycles. The molecule has 2 aromatic carbocycles. The smallest absolute Gasteiger partial charge is 0.115 e. The van der Waals surface area contributed by atoms with Crippen LogP contribution in [-0.4, -0.2) is 16.3 Å². The van der Waals surface area contributed by atoms with Crippen molar-refractivity contribution in [3.8, 4) is 5.75 Å². The van der Waals surface area contributed by atoms with Crippen molar-refractivity contribution in [3.05, 3.63) is 65.7 Å². The average Bonchev–Trinajstić information content (AvgIpc) is 2.40. The molecule has 2 aromatic rings. The minimum Gasteiger partial charge on any atom is -0.508 e. The van der Waals surface area contributed by atoms with Crippen LogP contribution in [0, 0.1) is 0 Å². The number of benzene rings is 2. The molecule has 0 heterocycles. The molecule has 0 bridgehead atoms. The highest BCUT2D eigenvalue weighted by atomic mass is 16.3. The van der Waals surface area contributed by atoms with Crippen molar-refractivity contribution in [3.63, 3.8) is 0 Å². The van der Waals surface area contributed by atoms with E-state index in [2.05, 4.69) is 0 Å². The molecule has 0 unspecified atom stereocenters. The second-order valence-electron chi connectivity index (χ2n) is 4.37. The number of hydrogen-bond acceptors (Lipinski definition) is 3. The standard InChI is InChI=1S/C15H17NO2/c16-15(12-6-8-13(17)9-7-12)14(18)10-11-4-2-1-3-5-11/h1-9,14-15,17-18H,10,16H2/t14-,15+/m1/s1. The van der Waals surface area contributed by atoms with Crippen LogP contribution in [0.2, 0.25) is 0 Å². The number of aromatic hydroxyl groups is 1. The first-order valence-corrected chi connectivity index (χ1v) is 5.93. The molecule has 0 amide bonds. The lowest BCUT2D eigenvalue weighted by molar-refractivity contribution is 0.145. The minimum atomic E-state index is -0.642. The summed E-state index contributed by atoms with van der Waals surface area (Å²) >= 11 is 0. The lowest BCUT2D eigenvalue weighted by Crippen LogP contribution is -2.28. The van der Waals surface area contributed by atoms with Crippen molar-refractivity contribution in [1.29, 1.82) is 0 Å². The average molecular weight is 243 g/mol. The fourth-order valence-electron chi connectivity index (χ4n) is 1.90. The predicted molar refractivity (Wildman–Crippen MR) is 71.2 cm³/mol. The number of rotatable bonds is 4. The third kappa shape index (κ3) is 3.09. The van der Waals surface area contributed by atoms with Crippen LogP contribution in [0.15, 0.2) is 54.6 Å². The Morgan fingerprint density at radius 2 is 1.56 bits per heavy atom. The number of nitrogens with two attached hydrogens (primary N) is 1. The maximum absolute atomic E-state index is 10.1. The maximum Gasteiger partial charge on any atom is 0.115 e. The van der Waals surface area contributed by atoms with E-state index in [4.69, 9.17) is 5.73 Å². The van der Waals surface area contributed by atoms with Gasteiger partial charge < -0.3 is 15.9 Å². The molecule has 3 heteroatoms. The van der Waals surface area contributed by atoms with Gasteiger partial charge in [-0.1, -0.05) is 42.5 Å². The summed E-state index contributed by atoms with van der Waals surface area (Å²) in [4.78, 5) is 0. The van der Waals surface area contributed by atoms with E-state index in [0.29, 0.717) is 6.42 Å². The van der Waals surface area contributed by atoms with Crippen molar-refractivity contribution in [1.82, 2.24) is 0 Å². The molecule has 2 atom stereocenters. The third-order valence-corrected chi connectivity index (χ3v) is 2.98. The highest BCUT2D eigenvalue weighted by Crippen LogP contribution is 2.19. The van der Waals surface area contributed by atoms with Gasteiger partial charge in [0.25, 0.3) is 0 Å². The number of aliphatic hydroxyl groups is 1. The Kier molecular flexibility index (Phi) is 3.97. The van der Waals surface area contributed by atoms with Gasteiger partial charge in [-0.05, 0) is 23.3 Å². The molecule has 94 valence electrons. The molecule has 0 aliphatic carbocycles. The normalized spacial score (nSPS) is 14.1. The monoisotopic (exact) mass is 243 g/mol. The van der Waals surface area contributed by atoms with Gasteiger partial charge in [0.1, 0.15) is 5.75 Å². The fourth-order valence-corrected chi connectivity index (χ4v) is 1.90. The van der Waals surface area contributed by atoms with Crippen LogP contribution in [-0.2, 0) is 6.42 Å². The molecule has 18 heavy (non-hydrogen) atoms. The number of phenols is 1. The lowest BCUT2D eigenvalue weighted by atomic mass is 9.97. The van der Waals surface area contributed by atoms with Crippen LogP contribution in [0.5, 0.6) is 5.75 Å². The Morgan fingerprint density at radius 3 is 2.17 bits per heavy atom. The molecule has 0 spiro atoms. The second kappa shape index (κ2) is 5.67. The van der Waals surface area contributed by atoms with E-state index < -0.39 is 12.1 Å². The fraction of sp³-hybridized carbons (Fsp3) is 0.200. The van der Waals surface area contributed by atoms with Gasteiger partial charge in [-0.15, -0.1) is 0 Å². The summed E-state index contributed by atoms with van der Waals surface area (Å²) in [6, 6.07) is 15.9. The molecule has 3 nitrogen and oxygen atoms in total. The molecule has 4 N–H and O–H groups in total. The molecule has 0 saturated heterocycles. The summed E-state index contributed by atoms with van der Waals surface area (Å²) in [6.07, 6.45) is -0.125. The Hall–Kier alpha value is -1.84. The largest absolute Gasteiger partial charge is 0.508 e. The van der Waals surface area contributed by atoms with Gasteiger partial charge in [-0.3, -0.25) is 0 Å². The van der Waals surface area contributed by atoms with Gasteiger partial charge in [-0.25, -0.2) is 0 Å². The Labute approximate surface area is 107 Å². The number of aliphatic hydroxyl groups excluding tert-OH is 1. The van der Waals surface area contributed by atoms with Gasteiger partial charge in [0, 0.05) is 6.42 Å². The zero-order valence-electron chi connectivity index (χ0n) is 10.0. The van der Waals surface area contributed by atoms with E-state index in [1.54, 1.807) is 24.3 Å². The minimum absolute atomic E-state index is 0.198. The topological polar surface area (TPSA) is 66.5 Å². The molecule has 0 saturated carbocycles. The van der Waals surface area contributed by atoms with Crippen LogP contribution < -0.4 is 5.73 Å². The van der Waals surface area contributed by atoms with Crippen LogP contribution in [0.4, 0.5) is 0 Å². The van der Waals surface area contributed by atoms with Gasteiger partial charge in [0.2, 0.25) is 0 Å². The summed E-state index contributed by atoms with van der Waals surface area (Å²) < 4.78 is 0. The van der Waals surface area contributed by atoms with Crippen LogP contribution in [0.1, 0.15) is 17.2 Å². The molecular formula is C15H17NO2. The van der Waals surface area contributed by atoms with Crippen LogP contribution >= 0.6 is 0 Å². The summed E-state index contributed by atoms with van der Waals surface area (Å²) in [5.74, 6) is 0.198. The molecule has 0 fully saturated rings. The first kappa shape index (κ1) is 12.6. The summed E-state index contributed by atoms with van der Waals surface area (Å²) in [5.41, 5.74) is 7.88. The molecule has 0 radical (unpaired) electrons. The van der Waals surface area contributed by atoms with E-state index in [9.17, 15) is 10.2 Å². The Morgan fingerprint density at radius 1 is 0.944 bits per heavy atom. The van der Waals surface area contributed by atoms with E-state index in [1.807, 2.05) is 30.3 Å².